The molecule has 198 valence electrons. The molecular weight excluding hydrogens is 483 g/mol. The van der Waals surface area contributed by atoms with Crippen LogP contribution < -0.4 is 19.7 Å². The lowest BCUT2D eigenvalue weighted by Crippen LogP contribution is -2.39. The van der Waals surface area contributed by atoms with Gasteiger partial charge in [0.1, 0.15) is 17.3 Å². The minimum absolute atomic E-state index is 0.0208. The van der Waals surface area contributed by atoms with Crippen LogP contribution in [-0.4, -0.2) is 41.8 Å². The Kier molecular flexibility index (Phi) is 7.77. The van der Waals surface area contributed by atoms with Gasteiger partial charge in [-0.05, 0) is 68.7 Å². The third kappa shape index (κ3) is 5.59. The van der Waals surface area contributed by atoms with Gasteiger partial charge in [-0.25, -0.2) is 9.37 Å². The third-order valence-corrected chi connectivity index (χ3v) is 6.83. The molecule has 8 heteroatoms. The van der Waals surface area contributed by atoms with E-state index < -0.39 is 0 Å². The van der Waals surface area contributed by atoms with E-state index in [1.165, 1.54) is 6.07 Å². The van der Waals surface area contributed by atoms with E-state index in [9.17, 15) is 9.18 Å². The number of halogens is 1. The smallest absolute Gasteiger partial charge is 0.227 e. The number of fused-ring (bicyclic) bond motifs is 1. The maximum atomic E-state index is 13.9. The molecule has 1 aliphatic heterocycles. The summed E-state index contributed by atoms with van der Waals surface area (Å²) in [6, 6.07) is 20.2. The zero-order valence-corrected chi connectivity index (χ0v) is 21.8. The highest BCUT2D eigenvalue weighted by Crippen LogP contribution is 2.32. The SMILES string of the molecule is CCOc1ccc(OCC)c(NC(=O)C2CCN(c3nc4ccccc4n3Cc3cccc(F)c3)CC2)c1. The van der Waals surface area contributed by atoms with E-state index in [-0.39, 0.29) is 17.6 Å². The number of carbonyl (C=O) groups is 1. The zero-order chi connectivity index (χ0) is 26.5. The largest absolute Gasteiger partial charge is 0.494 e. The number of carbonyl (C=O) groups excluding carboxylic acids is 1. The summed E-state index contributed by atoms with van der Waals surface area (Å²) in [7, 11) is 0. The van der Waals surface area contributed by atoms with Gasteiger partial charge in [0.2, 0.25) is 11.9 Å². The van der Waals surface area contributed by atoms with Crippen molar-refractivity contribution in [3.63, 3.8) is 0 Å². The van der Waals surface area contributed by atoms with Crippen LogP contribution in [0, 0.1) is 11.7 Å². The maximum Gasteiger partial charge on any atom is 0.227 e. The Morgan fingerprint density at radius 2 is 1.79 bits per heavy atom. The second kappa shape index (κ2) is 11.5. The van der Waals surface area contributed by atoms with Gasteiger partial charge in [0, 0.05) is 25.1 Å². The van der Waals surface area contributed by atoms with Crippen LogP contribution >= 0.6 is 0 Å². The van der Waals surface area contributed by atoms with Gasteiger partial charge in [-0.1, -0.05) is 24.3 Å². The van der Waals surface area contributed by atoms with Gasteiger partial charge in [0.05, 0.1) is 36.5 Å². The van der Waals surface area contributed by atoms with Crippen molar-refractivity contribution in [2.45, 2.75) is 33.2 Å². The number of benzene rings is 3. The lowest BCUT2D eigenvalue weighted by Gasteiger charge is -2.32. The van der Waals surface area contributed by atoms with Crippen LogP contribution in [0.2, 0.25) is 0 Å². The molecule has 0 aliphatic carbocycles. The Labute approximate surface area is 222 Å². The monoisotopic (exact) mass is 516 g/mol. The van der Waals surface area contributed by atoms with Crippen molar-refractivity contribution in [1.82, 2.24) is 9.55 Å². The molecule has 0 atom stereocenters. The van der Waals surface area contributed by atoms with Crippen LogP contribution in [0.1, 0.15) is 32.3 Å². The van der Waals surface area contributed by atoms with Crippen LogP contribution in [-0.2, 0) is 11.3 Å². The van der Waals surface area contributed by atoms with Crippen molar-refractivity contribution in [2.24, 2.45) is 5.92 Å². The fourth-order valence-electron chi connectivity index (χ4n) is 5.00. The van der Waals surface area contributed by atoms with E-state index in [0.29, 0.717) is 62.9 Å². The summed E-state index contributed by atoms with van der Waals surface area (Å²) in [6.45, 7) is 6.80. The molecule has 7 nitrogen and oxygen atoms in total. The highest BCUT2D eigenvalue weighted by molar-refractivity contribution is 5.94. The number of aromatic nitrogens is 2. The molecule has 1 aromatic heterocycles. The number of rotatable bonds is 9. The van der Waals surface area contributed by atoms with E-state index in [1.54, 1.807) is 12.1 Å². The van der Waals surface area contributed by atoms with Crippen LogP contribution in [0.5, 0.6) is 11.5 Å². The van der Waals surface area contributed by atoms with Gasteiger partial charge in [0.25, 0.3) is 0 Å². The molecule has 5 rings (SSSR count). The summed E-state index contributed by atoms with van der Waals surface area (Å²) in [5, 5.41) is 3.07. The summed E-state index contributed by atoms with van der Waals surface area (Å²) in [4.78, 5) is 20.4. The van der Waals surface area contributed by atoms with E-state index in [4.69, 9.17) is 14.5 Å². The van der Waals surface area contributed by atoms with Gasteiger partial charge in [-0.2, -0.15) is 0 Å². The number of para-hydroxylation sites is 2. The molecule has 4 aromatic rings. The van der Waals surface area contributed by atoms with Gasteiger partial charge in [0.15, 0.2) is 0 Å². The van der Waals surface area contributed by atoms with Crippen molar-refractivity contribution < 1.29 is 18.7 Å². The van der Waals surface area contributed by atoms with Crippen LogP contribution in [0.15, 0.2) is 66.7 Å². The molecule has 1 fully saturated rings. The minimum atomic E-state index is -0.250. The van der Waals surface area contributed by atoms with Crippen molar-refractivity contribution in [2.75, 3.05) is 36.5 Å². The Morgan fingerprint density at radius 1 is 1.00 bits per heavy atom. The molecule has 1 aliphatic rings. The van der Waals surface area contributed by atoms with E-state index in [1.807, 2.05) is 62.4 Å². The summed E-state index contributed by atoms with van der Waals surface area (Å²) in [6.07, 6.45) is 1.40. The Hall–Kier alpha value is -4.07. The molecule has 1 amide bonds. The fraction of sp³-hybridized carbons (Fsp3) is 0.333. The second-order valence-corrected chi connectivity index (χ2v) is 9.39. The molecule has 0 unspecified atom stereocenters. The summed E-state index contributed by atoms with van der Waals surface area (Å²) >= 11 is 0. The number of nitrogens with zero attached hydrogens (tertiary/aromatic N) is 3. The highest BCUT2D eigenvalue weighted by atomic mass is 19.1. The number of hydrogen-bond donors (Lipinski definition) is 1. The first-order valence-corrected chi connectivity index (χ1v) is 13.2. The molecule has 0 saturated carbocycles. The molecule has 0 bridgehead atoms. The van der Waals surface area contributed by atoms with E-state index in [2.05, 4.69) is 14.8 Å². The first-order valence-electron chi connectivity index (χ1n) is 13.2. The normalized spacial score (nSPS) is 14.0. The Morgan fingerprint density at radius 3 is 2.55 bits per heavy atom. The van der Waals surface area contributed by atoms with Gasteiger partial charge >= 0.3 is 0 Å². The number of nitrogens with one attached hydrogen (secondary N) is 1. The third-order valence-electron chi connectivity index (χ3n) is 6.83. The second-order valence-electron chi connectivity index (χ2n) is 9.39. The minimum Gasteiger partial charge on any atom is -0.494 e. The average molecular weight is 517 g/mol. The average Bonchev–Trinajstić information content (AvgIpc) is 3.29. The Balaban J connectivity index is 1.31. The number of hydrogen-bond acceptors (Lipinski definition) is 5. The van der Waals surface area contributed by atoms with E-state index in [0.717, 1.165) is 22.5 Å². The van der Waals surface area contributed by atoms with Gasteiger partial charge in [-0.3, -0.25) is 4.79 Å². The standard InChI is InChI=1S/C30H33FN4O3/c1-3-37-24-12-13-28(38-4-2)26(19-24)32-29(36)22-14-16-34(17-15-22)30-33-25-10-5-6-11-27(25)35(30)20-21-8-7-9-23(31)18-21/h5-13,18-19,22H,3-4,14-17,20H2,1-2H3,(H,32,36). The van der Waals surface area contributed by atoms with E-state index >= 15 is 0 Å². The van der Waals surface area contributed by atoms with Gasteiger partial charge in [-0.15, -0.1) is 0 Å². The topological polar surface area (TPSA) is 68.6 Å². The molecule has 2 heterocycles. The molecule has 1 N–H and O–H groups in total. The summed E-state index contributed by atoms with van der Waals surface area (Å²) in [5.74, 6) is 1.77. The molecule has 3 aromatic carbocycles. The number of anilines is 2. The summed E-state index contributed by atoms with van der Waals surface area (Å²) < 4.78 is 27.3. The first kappa shape index (κ1) is 25.6. The van der Waals surface area contributed by atoms with Crippen molar-refractivity contribution >= 4 is 28.6 Å². The number of ether oxygens (including phenoxy) is 2. The molecule has 1 saturated heterocycles. The van der Waals surface area contributed by atoms with Crippen molar-refractivity contribution in [1.29, 1.82) is 0 Å². The van der Waals surface area contributed by atoms with Crippen LogP contribution in [0.3, 0.4) is 0 Å². The number of imidazole rings is 1. The quantitative estimate of drug-likeness (QED) is 0.301. The zero-order valence-electron chi connectivity index (χ0n) is 21.8. The molecule has 0 spiro atoms. The lowest BCUT2D eigenvalue weighted by molar-refractivity contribution is -0.120. The predicted molar refractivity (Wildman–Crippen MR) is 148 cm³/mol. The molecule has 38 heavy (non-hydrogen) atoms. The van der Waals surface area contributed by atoms with Gasteiger partial charge < -0.3 is 24.3 Å². The number of piperidine rings is 1. The first-order chi connectivity index (χ1) is 18.6. The van der Waals surface area contributed by atoms with Crippen molar-refractivity contribution in [3.8, 4) is 11.5 Å². The molecule has 0 radical (unpaired) electrons. The maximum absolute atomic E-state index is 13.9. The highest BCUT2D eigenvalue weighted by Gasteiger charge is 2.28. The van der Waals surface area contributed by atoms with Crippen LogP contribution in [0.25, 0.3) is 11.0 Å². The lowest BCUT2D eigenvalue weighted by atomic mass is 9.96. The number of amides is 1. The predicted octanol–water partition coefficient (Wildman–Crippen LogP) is 5.88. The molecular formula is C30H33FN4O3. The summed E-state index contributed by atoms with van der Waals surface area (Å²) in [5.41, 5.74) is 3.41. The van der Waals surface area contributed by atoms with Crippen LogP contribution in [0.4, 0.5) is 16.0 Å². The fourth-order valence-corrected chi connectivity index (χ4v) is 5.00. The Bertz CT molecular complexity index is 1410. The van der Waals surface area contributed by atoms with Crippen molar-refractivity contribution in [3.05, 3.63) is 78.1 Å².